The van der Waals surface area contributed by atoms with Crippen molar-refractivity contribution < 1.29 is 19.0 Å². The van der Waals surface area contributed by atoms with Gasteiger partial charge in [0, 0.05) is 5.69 Å². The number of aromatic nitrogens is 4. The highest BCUT2D eigenvalue weighted by Crippen LogP contribution is 2.29. The van der Waals surface area contributed by atoms with E-state index in [9.17, 15) is 4.79 Å². The molecule has 3 aromatic rings. The Morgan fingerprint density at radius 3 is 2.48 bits per heavy atom. The first kappa shape index (κ1) is 20.1. The molecule has 0 aliphatic heterocycles. The molecule has 0 fully saturated rings. The molecule has 0 saturated carbocycles. The SMILES string of the molecule is CCOc1ccc(CC(=O)Nc2ccc(OC)c(-n3cnnn3)c2)cc1OCC. The second-order valence-corrected chi connectivity index (χ2v) is 6.01. The van der Waals surface area contributed by atoms with E-state index in [1.807, 2.05) is 32.0 Å². The summed E-state index contributed by atoms with van der Waals surface area (Å²) in [5, 5.41) is 14.0. The summed E-state index contributed by atoms with van der Waals surface area (Å²) in [7, 11) is 1.56. The molecule has 2 aromatic carbocycles. The zero-order valence-electron chi connectivity index (χ0n) is 16.6. The molecule has 0 aliphatic carbocycles. The van der Waals surface area contributed by atoms with Gasteiger partial charge in [-0.15, -0.1) is 5.10 Å². The van der Waals surface area contributed by atoms with Gasteiger partial charge in [-0.05, 0) is 60.2 Å². The van der Waals surface area contributed by atoms with E-state index >= 15 is 0 Å². The Morgan fingerprint density at radius 1 is 1.03 bits per heavy atom. The van der Waals surface area contributed by atoms with Gasteiger partial charge in [0.2, 0.25) is 5.91 Å². The van der Waals surface area contributed by atoms with Crippen LogP contribution in [-0.4, -0.2) is 46.4 Å². The Hall–Kier alpha value is -3.62. The van der Waals surface area contributed by atoms with Crippen molar-refractivity contribution in [1.29, 1.82) is 0 Å². The van der Waals surface area contributed by atoms with Gasteiger partial charge in [0.1, 0.15) is 17.8 Å². The number of carbonyl (C=O) groups is 1. The van der Waals surface area contributed by atoms with Gasteiger partial charge in [-0.25, -0.2) is 0 Å². The van der Waals surface area contributed by atoms with Gasteiger partial charge in [0.15, 0.2) is 11.5 Å². The Bertz CT molecular complexity index is 960. The maximum Gasteiger partial charge on any atom is 0.228 e. The molecule has 29 heavy (non-hydrogen) atoms. The van der Waals surface area contributed by atoms with Crippen molar-refractivity contribution >= 4 is 11.6 Å². The molecule has 9 heteroatoms. The quantitative estimate of drug-likeness (QED) is 0.592. The van der Waals surface area contributed by atoms with Crippen molar-refractivity contribution in [1.82, 2.24) is 20.2 Å². The fraction of sp³-hybridized carbons (Fsp3) is 0.300. The Morgan fingerprint density at radius 2 is 1.79 bits per heavy atom. The number of anilines is 1. The Kier molecular flexibility index (Phi) is 6.62. The van der Waals surface area contributed by atoms with Crippen LogP contribution in [-0.2, 0) is 11.2 Å². The number of nitrogens with zero attached hydrogens (tertiary/aromatic N) is 4. The summed E-state index contributed by atoms with van der Waals surface area (Å²) in [4.78, 5) is 12.6. The zero-order valence-corrected chi connectivity index (χ0v) is 16.6. The van der Waals surface area contributed by atoms with Crippen LogP contribution >= 0.6 is 0 Å². The smallest absolute Gasteiger partial charge is 0.228 e. The molecule has 0 saturated heterocycles. The lowest BCUT2D eigenvalue weighted by molar-refractivity contribution is -0.115. The maximum absolute atomic E-state index is 12.6. The van der Waals surface area contributed by atoms with Crippen molar-refractivity contribution in [2.75, 3.05) is 25.6 Å². The third kappa shape index (κ3) is 5.01. The molecule has 0 bridgehead atoms. The van der Waals surface area contributed by atoms with Crippen molar-refractivity contribution in [3.8, 4) is 22.9 Å². The van der Waals surface area contributed by atoms with Gasteiger partial charge in [0.25, 0.3) is 0 Å². The van der Waals surface area contributed by atoms with Crippen LogP contribution in [0.2, 0.25) is 0 Å². The summed E-state index contributed by atoms with van der Waals surface area (Å²) in [5.41, 5.74) is 2.05. The number of methoxy groups -OCH3 is 1. The summed E-state index contributed by atoms with van der Waals surface area (Å²) in [6.07, 6.45) is 1.65. The molecule has 1 aromatic heterocycles. The molecule has 0 spiro atoms. The minimum Gasteiger partial charge on any atom is -0.494 e. The van der Waals surface area contributed by atoms with Crippen LogP contribution in [0.4, 0.5) is 5.69 Å². The number of nitrogens with one attached hydrogen (secondary N) is 1. The van der Waals surface area contributed by atoms with E-state index < -0.39 is 0 Å². The second kappa shape index (κ2) is 9.54. The third-order valence-electron chi connectivity index (χ3n) is 4.03. The monoisotopic (exact) mass is 397 g/mol. The van der Waals surface area contributed by atoms with Crippen LogP contribution in [0, 0.1) is 0 Å². The highest BCUT2D eigenvalue weighted by atomic mass is 16.5. The van der Waals surface area contributed by atoms with Gasteiger partial charge in [0.05, 0.1) is 26.7 Å². The van der Waals surface area contributed by atoms with E-state index in [1.54, 1.807) is 25.3 Å². The fourth-order valence-electron chi connectivity index (χ4n) is 2.81. The van der Waals surface area contributed by atoms with E-state index in [4.69, 9.17) is 14.2 Å². The number of tetrazole rings is 1. The Labute approximate surface area is 168 Å². The number of rotatable bonds is 9. The topological polar surface area (TPSA) is 100 Å². The first-order valence-electron chi connectivity index (χ1n) is 9.24. The third-order valence-corrected chi connectivity index (χ3v) is 4.03. The molecular formula is C20H23N5O4. The van der Waals surface area contributed by atoms with Gasteiger partial charge >= 0.3 is 0 Å². The van der Waals surface area contributed by atoms with Crippen LogP contribution in [0.15, 0.2) is 42.7 Å². The maximum atomic E-state index is 12.6. The summed E-state index contributed by atoms with van der Waals surface area (Å²) >= 11 is 0. The minimum absolute atomic E-state index is 0.163. The van der Waals surface area contributed by atoms with E-state index in [1.165, 1.54) is 11.0 Å². The average molecular weight is 397 g/mol. The summed E-state index contributed by atoms with van der Waals surface area (Å²) in [6.45, 7) is 4.87. The van der Waals surface area contributed by atoms with Gasteiger partial charge in [-0.1, -0.05) is 6.07 Å². The number of hydrogen-bond acceptors (Lipinski definition) is 7. The predicted octanol–water partition coefficient (Wildman–Crippen LogP) is 2.65. The van der Waals surface area contributed by atoms with Crippen molar-refractivity contribution in [2.45, 2.75) is 20.3 Å². The van der Waals surface area contributed by atoms with Crippen LogP contribution in [0.1, 0.15) is 19.4 Å². The molecule has 1 N–H and O–H groups in total. The number of ether oxygens (including phenoxy) is 3. The number of amides is 1. The lowest BCUT2D eigenvalue weighted by Gasteiger charge is -2.13. The van der Waals surface area contributed by atoms with Crippen LogP contribution in [0.5, 0.6) is 17.2 Å². The van der Waals surface area contributed by atoms with E-state index in [0.717, 1.165) is 5.56 Å². The van der Waals surface area contributed by atoms with Crippen molar-refractivity contribution in [2.24, 2.45) is 0 Å². The normalized spacial score (nSPS) is 10.4. The van der Waals surface area contributed by atoms with Gasteiger partial charge < -0.3 is 19.5 Å². The molecule has 1 amide bonds. The molecule has 0 atom stereocenters. The lowest BCUT2D eigenvalue weighted by Crippen LogP contribution is -2.15. The fourth-order valence-corrected chi connectivity index (χ4v) is 2.81. The number of hydrogen-bond donors (Lipinski definition) is 1. The molecule has 152 valence electrons. The largest absolute Gasteiger partial charge is 0.494 e. The standard InChI is InChI=1S/C20H23N5O4/c1-4-28-18-8-6-14(10-19(18)29-5-2)11-20(26)22-15-7-9-17(27-3)16(12-15)25-13-21-23-24-25/h6-10,12-13H,4-5,11H2,1-3H3,(H,22,26). The number of benzene rings is 2. The molecular weight excluding hydrogens is 374 g/mol. The van der Waals surface area contributed by atoms with E-state index in [0.29, 0.717) is 41.8 Å². The first-order chi connectivity index (χ1) is 14.1. The van der Waals surface area contributed by atoms with Crippen molar-refractivity contribution in [3.05, 3.63) is 48.3 Å². The molecule has 1 heterocycles. The van der Waals surface area contributed by atoms with Crippen LogP contribution in [0.25, 0.3) is 5.69 Å². The average Bonchev–Trinajstić information content (AvgIpc) is 3.25. The highest BCUT2D eigenvalue weighted by molar-refractivity contribution is 5.92. The van der Waals surface area contributed by atoms with E-state index in [-0.39, 0.29) is 12.3 Å². The number of carbonyl (C=O) groups excluding carboxylic acids is 1. The molecule has 0 radical (unpaired) electrons. The predicted molar refractivity (Wildman–Crippen MR) is 107 cm³/mol. The van der Waals surface area contributed by atoms with Gasteiger partial charge in [-0.3, -0.25) is 4.79 Å². The lowest BCUT2D eigenvalue weighted by atomic mass is 10.1. The summed E-state index contributed by atoms with van der Waals surface area (Å²) in [6, 6.07) is 10.8. The minimum atomic E-state index is -0.163. The second-order valence-electron chi connectivity index (χ2n) is 6.01. The van der Waals surface area contributed by atoms with Crippen LogP contribution in [0.3, 0.4) is 0 Å². The zero-order chi connectivity index (χ0) is 20.6. The summed E-state index contributed by atoms with van der Waals surface area (Å²) < 4.78 is 18.0. The molecule has 0 unspecified atom stereocenters. The Balaban J connectivity index is 1.74. The molecule has 3 rings (SSSR count). The van der Waals surface area contributed by atoms with Gasteiger partial charge in [-0.2, -0.15) is 4.68 Å². The molecule has 0 aliphatic rings. The highest BCUT2D eigenvalue weighted by Gasteiger charge is 2.12. The molecule has 9 nitrogen and oxygen atoms in total. The summed E-state index contributed by atoms with van der Waals surface area (Å²) in [5.74, 6) is 1.72. The van der Waals surface area contributed by atoms with E-state index in [2.05, 4.69) is 20.8 Å². The van der Waals surface area contributed by atoms with Crippen LogP contribution < -0.4 is 19.5 Å². The van der Waals surface area contributed by atoms with Crippen molar-refractivity contribution in [3.63, 3.8) is 0 Å². The first-order valence-corrected chi connectivity index (χ1v) is 9.24.